The van der Waals surface area contributed by atoms with Crippen LogP contribution in [0.2, 0.25) is 12.1 Å². The van der Waals surface area contributed by atoms with Crippen LogP contribution in [0.15, 0.2) is 0 Å². The van der Waals surface area contributed by atoms with Crippen LogP contribution in [0.5, 0.6) is 0 Å². The van der Waals surface area contributed by atoms with Crippen LogP contribution in [-0.4, -0.2) is 35.4 Å². The van der Waals surface area contributed by atoms with Crippen LogP contribution in [0.25, 0.3) is 0 Å². The highest BCUT2D eigenvalue weighted by molar-refractivity contribution is 6.67. The molecule has 0 aliphatic carbocycles. The van der Waals surface area contributed by atoms with Crippen molar-refractivity contribution in [2.45, 2.75) is 37.9 Å². The van der Waals surface area contributed by atoms with Gasteiger partial charge in [0.25, 0.3) is 0 Å². The van der Waals surface area contributed by atoms with Gasteiger partial charge in [0.15, 0.2) is 0 Å². The Balaban J connectivity index is 4.59. The minimum Gasteiger partial charge on any atom is -0.398 e. The molecule has 86 valence electrons. The second-order valence-electron chi connectivity index (χ2n) is 3.68. The summed E-state index contributed by atoms with van der Waals surface area (Å²) in [5.41, 5.74) is 11.9. The summed E-state index contributed by atoms with van der Waals surface area (Å²) in [5, 5.41) is 0. The quantitative estimate of drug-likeness (QED) is 0.623. The van der Waals surface area contributed by atoms with Gasteiger partial charge in [-0.1, -0.05) is 6.92 Å². The summed E-state index contributed by atoms with van der Waals surface area (Å²) in [6, 6.07) is 0.120. The summed E-state index contributed by atoms with van der Waals surface area (Å²) < 4.78 is 11.0. The van der Waals surface area contributed by atoms with E-state index in [1.165, 1.54) is 0 Å². The Bertz CT molecular complexity index is 154. The minimum atomic E-state index is -2.14. The molecule has 0 aromatic rings. The van der Waals surface area contributed by atoms with Crippen LogP contribution < -0.4 is 11.5 Å². The van der Waals surface area contributed by atoms with Crippen molar-refractivity contribution in [2.24, 2.45) is 11.5 Å². The maximum atomic E-state index is 6.06. The molecule has 0 radical (unpaired) electrons. The van der Waals surface area contributed by atoms with Crippen LogP contribution in [0.3, 0.4) is 0 Å². The van der Waals surface area contributed by atoms with E-state index < -0.39 is 8.56 Å². The fraction of sp³-hybridized carbons (Fsp3) is 1.00. The first-order chi connectivity index (χ1) is 6.55. The molecule has 0 fully saturated rings. The molecule has 5 heteroatoms. The highest BCUT2D eigenvalue weighted by Crippen LogP contribution is 2.30. The minimum absolute atomic E-state index is 0.120. The molecule has 4 N–H and O–H groups in total. The zero-order valence-corrected chi connectivity index (χ0v) is 10.7. The fourth-order valence-electron chi connectivity index (χ4n) is 1.72. The van der Waals surface area contributed by atoms with Gasteiger partial charge in [0.2, 0.25) is 0 Å². The molecular formula is C9H24N2O2Si. The molecule has 0 saturated carbocycles. The third kappa shape index (κ3) is 3.32. The summed E-state index contributed by atoms with van der Waals surface area (Å²) in [5.74, 6) is 0. The second-order valence-corrected chi connectivity index (χ2v) is 7.27. The Morgan fingerprint density at radius 3 is 2.07 bits per heavy atom. The normalized spacial score (nSPS) is 16.7. The monoisotopic (exact) mass is 220 g/mol. The molecule has 0 heterocycles. The van der Waals surface area contributed by atoms with Crippen LogP contribution >= 0.6 is 0 Å². The average Bonchev–Trinajstić information content (AvgIpc) is 2.23. The van der Waals surface area contributed by atoms with Gasteiger partial charge in [0.05, 0.1) is 0 Å². The molecule has 0 saturated heterocycles. The molecule has 2 unspecified atom stereocenters. The van der Waals surface area contributed by atoms with E-state index in [1.54, 1.807) is 14.2 Å². The molecule has 0 spiro atoms. The first-order valence-electron chi connectivity index (χ1n) is 5.11. The molecule has 4 nitrogen and oxygen atoms in total. The van der Waals surface area contributed by atoms with Crippen LogP contribution in [-0.2, 0) is 8.85 Å². The Morgan fingerprint density at radius 1 is 1.29 bits per heavy atom. The van der Waals surface area contributed by atoms with E-state index in [0.29, 0.717) is 6.54 Å². The van der Waals surface area contributed by atoms with E-state index in [2.05, 4.69) is 6.92 Å². The predicted octanol–water partition coefficient (Wildman–Crippen LogP) is 0.808. The van der Waals surface area contributed by atoms with Crippen LogP contribution in [0.4, 0.5) is 0 Å². The molecule has 0 aliphatic heterocycles. The lowest BCUT2D eigenvalue weighted by Gasteiger charge is -2.35. The van der Waals surface area contributed by atoms with Crippen molar-refractivity contribution in [1.29, 1.82) is 0 Å². The Labute approximate surface area is 88.2 Å². The van der Waals surface area contributed by atoms with Crippen molar-refractivity contribution in [2.75, 3.05) is 20.8 Å². The smallest absolute Gasteiger partial charge is 0.339 e. The van der Waals surface area contributed by atoms with Gasteiger partial charge >= 0.3 is 8.56 Å². The number of hydrogen-bond donors (Lipinski definition) is 2. The van der Waals surface area contributed by atoms with Crippen molar-refractivity contribution in [3.05, 3.63) is 0 Å². The highest BCUT2D eigenvalue weighted by Gasteiger charge is 2.41. The molecule has 0 amide bonds. The lowest BCUT2D eigenvalue weighted by atomic mass is 10.1. The topological polar surface area (TPSA) is 70.5 Å². The first kappa shape index (κ1) is 14.1. The van der Waals surface area contributed by atoms with Gasteiger partial charge in [-0.15, -0.1) is 0 Å². The molecule has 14 heavy (non-hydrogen) atoms. The molecule has 0 aliphatic rings. The molecule has 0 rings (SSSR count). The van der Waals surface area contributed by atoms with E-state index in [4.69, 9.17) is 20.3 Å². The largest absolute Gasteiger partial charge is 0.398 e. The van der Waals surface area contributed by atoms with Gasteiger partial charge in [-0.05, 0) is 25.9 Å². The van der Waals surface area contributed by atoms with Crippen molar-refractivity contribution >= 4 is 8.56 Å². The molecule has 0 aromatic carbocycles. The highest BCUT2D eigenvalue weighted by atomic mass is 28.4. The Morgan fingerprint density at radius 2 is 1.79 bits per heavy atom. The third-order valence-corrected chi connectivity index (χ3v) is 6.64. The van der Waals surface area contributed by atoms with Gasteiger partial charge in [0, 0.05) is 25.8 Å². The maximum Gasteiger partial charge on any atom is 0.339 e. The SMILES string of the molecule is CCC(N)C(CCN)[Si](C)(OC)OC. The van der Waals surface area contributed by atoms with E-state index in [1.807, 2.05) is 6.55 Å². The van der Waals surface area contributed by atoms with Gasteiger partial charge in [-0.25, -0.2) is 0 Å². The maximum absolute atomic E-state index is 6.06. The van der Waals surface area contributed by atoms with Crippen LogP contribution in [0.1, 0.15) is 19.8 Å². The molecule has 2 atom stereocenters. The van der Waals surface area contributed by atoms with Gasteiger partial charge < -0.3 is 20.3 Å². The number of rotatable bonds is 7. The predicted molar refractivity (Wildman–Crippen MR) is 61.3 cm³/mol. The van der Waals surface area contributed by atoms with Crippen molar-refractivity contribution in [1.82, 2.24) is 0 Å². The zero-order valence-electron chi connectivity index (χ0n) is 9.75. The van der Waals surface area contributed by atoms with Crippen molar-refractivity contribution < 1.29 is 8.85 Å². The van der Waals surface area contributed by atoms with Gasteiger partial charge in [0.1, 0.15) is 0 Å². The van der Waals surface area contributed by atoms with E-state index in [9.17, 15) is 0 Å². The first-order valence-corrected chi connectivity index (χ1v) is 7.51. The zero-order chi connectivity index (χ0) is 11.2. The summed E-state index contributed by atoms with van der Waals surface area (Å²) in [4.78, 5) is 0. The standard InChI is InChI=1S/C9H24N2O2Si/c1-5-8(11)9(6-7-10)14(4,12-2)13-3/h8-9H,5-7,10-11H2,1-4H3. The van der Waals surface area contributed by atoms with Crippen molar-refractivity contribution in [3.63, 3.8) is 0 Å². The summed E-state index contributed by atoms with van der Waals surface area (Å²) >= 11 is 0. The summed E-state index contributed by atoms with van der Waals surface area (Å²) in [6.07, 6.45) is 1.80. The van der Waals surface area contributed by atoms with Gasteiger partial charge in [-0.2, -0.15) is 0 Å². The van der Waals surface area contributed by atoms with E-state index in [-0.39, 0.29) is 11.6 Å². The number of nitrogens with two attached hydrogens (primary N) is 2. The Kier molecular flexibility index (Phi) is 6.55. The third-order valence-electron chi connectivity index (χ3n) is 2.95. The number of hydrogen-bond acceptors (Lipinski definition) is 4. The molecular weight excluding hydrogens is 196 g/mol. The molecule has 0 bridgehead atoms. The summed E-state index contributed by atoms with van der Waals surface area (Å²) in [6.45, 7) is 4.75. The fourth-order valence-corrected chi connectivity index (χ4v) is 4.19. The van der Waals surface area contributed by atoms with Crippen molar-refractivity contribution in [3.8, 4) is 0 Å². The average molecular weight is 220 g/mol. The van der Waals surface area contributed by atoms with Crippen LogP contribution in [0, 0.1) is 0 Å². The second kappa shape index (κ2) is 6.52. The molecule has 0 aromatic heterocycles. The Hall–Kier alpha value is 0.0569. The van der Waals surface area contributed by atoms with E-state index in [0.717, 1.165) is 12.8 Å². The van der Waals surface area contributed by atoms with Gasteiger partial charge in [-0.3, -0.25) is 0 Å². The van der Waals surface area contributed by atoms with E-state index >= 15 is 0 Å². The lowest BCUT2D eigenvalue weighted by molar-refractivity contribution is 0.226. The summed E-state index contributed by atoms with van der Waals surface area (Å²) in [7, 11) is 1.26. The lowest BCUT2D eigenvalue weighted by Crippen LogP contribution is -2.49.